The zero-order chi connectivity index (χ0) is 16.4. The average molecular weight is 352 g/mol. The van der Waals surface area contributed by atoms with E-state index in [1.165, 1.54) is 5.56 Å². The van der Waals surface area contributed by atoms with Crippen LogP contribution in [0.3, 0.4) is 0 Å². The van der Waals surface area contributed by atoms with Crippen molar-refractivity contribution in [2.45, 2.75) is 38.8 Å². The molecule has 0 spiro atoms. The van der Waals surface area contributed by atoms with E-state index < -0.39 is 0 Å². The summed E-state index contributed by atoms with van der Waals surface area (Å²) < 4.78 is 0. The Balaban J connectivity index is 0.00000208. The van der Waals surface area contributed by atoms with Crippen LogP contribution in [0, 0.1) is 0 Å². The minimum Gasteiger partial charge on any atom is -0.337 e. The molecule has 6 heteroatoms. The highest BCUT2D eigenvalue weighted by Gasteiger charge is 2.33. The molecule has 0 radical (unpaired) electrons. The molecule has 1 N–H and O–H groups in total. The van der Waals surface area contributed by atoms with Crippen LogP contribution in [0.25, 0.3) is 0 Å². The second-order valence-corrected chi connectivity index (χ2v) is 6.52. The topological polar surface area (TPSA) is 52.7 Å². The molecule has 3 rings (SSSR count). The molecule has 0 bridgehead atoms. The van der Waals surface area contributed by atoms with Gasteiger partial charge in [0, 0.05) is 39.1 Å². The lowest BCUT2D eigenvalue weighted by Gasteiger charge is -2.39. The first kappa shape index (κ1) is 18.7. The number of rotatable bonds is 2. The van der Waals surface area contributed by atoms with Crippen LogP contribution < -0.4 is 5.32 Å². The lowest BCUT2D eigenvalue weighted by atomic mass is 9.90. The normalized spacial score (nSPS) is 23.2. The lowest BCUT2D eigenvalue weighted by Crippen LogP contribution is -2.53. The molecule has 1 unspecified atom stereocenters. The molecule has 0 aliphatic carbocycles. The molecule has 1 aromatic rings. The van der Waals surface area contributed by atoms with Gasteiger partial charge in [-0.1, -0.05) is 24.3 Å². The van der Waals surface area contributed by atoms with Gasteiger partial charge in [0.25, 0.3) is 0 Å². The standard InChI is InChI=1S/C18H25N3O2.ClH/c1-13-12-19-8-10-20(13)18(23)11-17-16-6-4-3-5-15(16)7-9-21(17)14(2)22;/h3-6,13,17,19H,7-12H2,1-2H3;1H/t13-,17?;/m1./s1. The highest BCUT2D eigenvalue weighted by molar-refractivity contribution is 5.85. The number of hydrogen-bond donors (Lipinski definition) is 1. The van der Waals surface area contributed by atoms with Crippen LogP contribution in [0.5, 0.6) is 0 Å². The molecule has 24 heavy (non-hydrogen) atoms. The second kappa shape index (κ2) is 7.99. The van der Waals surface area contributed by atoms with E-state index in [9.17, 15) is 9.59 Å². The maximum absolute atomic E-state index is 12.8. The van der Waals surface area contributed by atoms with Gasteiger partial charge in [-0.25, -0.2) is 0 Å². The van der Waals surface area contributed by atoms with E-state index >= 15 is 0 Å². The first-order chi connectivity index (χ1) is 11.1. The van der Waals surface area contributed by atoms with E-state index in [2.05, 4.69) is 24.4 Å². The Morgan fingerprint density at radius 1 is 1.21 bits per heavy atom. The van der Waals surface area contributed by atoms with E-state index in [1.54, 1.807) is 6.92 Å². The zero-order valence-corrected chi connectivity index (χ0v) is 15.1. The highest BCUT2D eigenvalue weighted by atomic mass is 35.5. The summed E-state index contributed by atoms with van der Waals surface area (Å²) in [6.07, 6.45) is 1.24. The van der Waals surface area contributed by atoms with Crippen molar-refractivity contribution in [3.8, 4) is 0 Å². The molecule has 2 aliphatic heterocycles. The Kier molecular flexibility index (Phi) is 6.24. The van der Waals surface area contributed by atoms with Gasteiger partial charge in [-0.2, -0.15) is 0 Å². The van der Waals surface area contributed by atoms with Crippen LogP contribution in [-0.4, -0.2) is 53.8 Å². The molecule has 1 fully saturated rings. The number of benzene rings is 1. The fourth-order valence-corrected chi connectivity index (χ4v) is 3.74. The van der Waals surface area contributed by atoms with Gasteiger partial charge in [0.2, 0.25) is 11.8 Å². The number of halogens is 1. The molecule has 1 saturated heterocycles. The quantitative estimate of drug-likeness (QED) is 0.883. The van der Waals surface area contributed by atoms with Crippen LogP contribution in [0.2, 0.25) is 0 Å². The molecule has 2 heterocycles. The van der Waals surface area contributed by atoms with Crippen molar-refractivity contribution in [1.82, 2.24) is 15.1 Å². The fraction of sp³-hybridized carbons (Fsp3) is 0.556. The molecule has 5 nitrogen and oxygen atoms in total. The van der Waals surface area contributed by atoms with Crippen molar-refractivity contribution >= 4 is 24.2 Å². The van der Waals surface area contributed by atoms with Gasteiger partial charge in [0.1, 0.15) is 0 Å². The monoisotopic (exact) mass is 351 g/mol. The minimum atomic E-state index is -0.132. The smallest absolute Gasteiger partial charge is 0.225 e. The largest absolute Gasteiger partial charge is 0.337 e. The molecule has 2 amide bonds. The van der Waals surface area contributed by atoms with Gasteiger partial charge in [0.15, 0.2) is 0 Å². The first-order valence-electron chi connectivity index (χ1n) is 8.43. The Labute approximate surface area is 149 Å². The van der Waals surface area contributed by atoms with Gasteiger partial charge in [0.05, 0.1) is 12.5 Å². The molecule has 132 valence electrons. The number of carbonyl (C=O) groups excluding carboxylic acids is 2. The van der Waals surface area contributed by atoms with Gasteiger partial charge < -0.3 is 15.1 Å². The Hall–Kier alpha value is -1.59. The number of nitrogens with one attached hydrogen (secondary N) is 1. The van der Waals surface area contributed by atoms with Crippen LogP contribution in [0.4, 0.5) is 0 Å². The van der Waals surface area contributed by atoms with Crippen LogP contribution in [-0.2, 0) is 16.0 Å². The lowest BCUT2D eigenvalue weighted by molar-refractivity contribution is -0.138. The summed E-state index contributed by atoms with van der Waals surface area (Å²) in [5.74, 6) is 0.192. The maximum atomic E-state index is 12.8. The summed E-state index contributed by atoms with van der Waals surface area (Å²) in [6.45, 7) is 6.79. The molecule has 0 saturated carbocycles. The van der Waals surface area contributed by atoms with Gasteiger partial charge in [-0.15, -0.1) is 12.4 Å². The molecule has 2 atom stereocenters. The van der Waals surface area contributed by atoms with Crippen molar-refractivity contribution < 1.29 is 9.59 Å². The van der Waals surface area contributed by atoms with Crippen LogP contribution in [0.15, 0.2) is 24.3 Å². The number of hydrogen-bond acceptors (Lipinski definition) is 3. The summed E-state index contributed by atoms with van der Waals surface area (Å²) in [5, 5.41) is 3.31. The summed E-state index contributed by atoms with van der Waals surface area (Å²) in [5.41, 5.74) is 2.39. The van der Waals surface area contributed by atoms with E-state index in [0.29, 0.717) is 13.0 Å². The summed E-state index contributed by atoms with van der Waals surface area (Å²) in [7, 11) is 0. The second-order valence-electron chi connectivity index (χ2n) is 6.52. The summed E-state index contributed by atoms with van der Waals surface area (Å²) >= 11 is 0. The van der Waals surface area contributed by atoms with Crippen LogP contribution >= 0.6 is 12.4 Å². The highest BCUT2D eigenvalue weighted by Crippen LogP contribution is 2.33. The van der Waals surface area contributed by atoms with Gasteiger partial charge in [-0.3, -0.25) is 9.59 Å². The Bertz CT molecular complexity index is 608. The first-order valence-corrected chi connectivity index (χ1v) is 8.43. The number of amides is 2. The average Bonchev–Trinajstić information content (AvgIpc) is 2.55. The Morgan fingerprint density at radius 3 is 2.67 bits per heavy atom. The van der Waals surface area contributed by atoms with Crippen LogP contribution in [0.1, 0.15) is 37.4 Å². The third-order valence-electron chi connectivity index (χ3n) is 5.01. The van der Waals surface area contributed by atoms with Crippen molar-refractivity contribution in [2.24, 2.45) is 0 Å². The fourth-order valence-electron chi connectivity index (χ4n) is 3.74. The third-order valence-corrected chi connectivity index (χ3v) is 5.01. The van der Waals surface area contributed by atoms with E-state index in [-0.39, 0.29) is 36.3 Å². The maximum Gasteiger partial charge on any atom is 0.225 e. The third kappa shape index (κ3) is 3.73. The predicted molar refractivity (Wildman–Crippen MR) is 96.2 cm³/mol. The van der Waals surface area contributed by atoms with Gasteiger partial charge in [-0.05, 0) is 24.5 Å². The Morgan fingerprint density at radius 2 is 1.96 bits per heavy atom. The summed E-state index contributed by atoms with van der Waals surface area (Å²) in [6, 6.07) is 8.27. The molecular weight excluding hydrogens is 326 g/mol. The molecule has 2 aliphatic rings. The van der Waals surface area contributed by atoms with E-state index in [0.717, 1.165) is 31.6 Å². The van der Waals surface area contributed by atoms with E-state index in [1.807, 2.05) is 21.9 Å². The number of piperazine rings is 1. The SMILES string of the molecule is CC(=O)N1CCc2ccccc2C1CC(=O)N1CCNC[C@H]1C.Cl. The predicted octanol–water partition coefficient (Wildman–Crippen LogP) is 1.76. The zero-order valence-electron chi connectivity index (χ0n) is 14.3. The van der Waals surface area contributed by atoms with Crippen molar-refractivity contribution in [1.29, 1.82) is 0 Å². The van der Waals surface area contributed by atoms with Crippen molar-refractivity contribution in [2.75, 3.05) is 26.2 Å². The van der Waals surface area contributed by atoms with Crippen molar-refractivity contribution in [3.63, 3.8) is 0 Å². The van der Waals surface area contributed by atoms with E-state index in [4.69, 9.17) is 0 Å². The van der Waals surface area contributed by atoms with Crippen molar-refractivity contribution in [3.05, 3.63) is 35.4 Å². The molecule has 0 aromatic heterocycles. The molecular formula is C18H26ClN3O2. The number of fused-ring (bicyclic) bond motifs is 1. The minimum absolute atomic E-state index is 0. The summed E-state index contributed by atoms with van der Waals surface area (Å²) in [4.78, 5) is 28.7. The van der Waals surface area contributed by atoms with Gasteiger partial charge >= 0.3 is 0 Å². The number of carbonyl (C=O) groups is 2. The number of nitrogens with zero attached hydrogens (tertiary/aromatic N) is 2. The molecule has 1 aromatic carbocycles.